The fourth-order valence-corrected chi connectivity index (χ4v) is 1.52. The summed E-state index contributed by atoms with van der Waals surface area (Å²) in [4.78, 5) is 10.6. The van der Waals surface area contributed by atoms with Crippen molar-refractivity contribution in [1.82, 2.24) is 5.32 Å². The molecule has 0 aliphatic carbocycles. The molecule has 17 heavy (non-hydrogen) atoms. The second-order valence-electron chi connectivity index (χ2n) is 3.81. The Labute approximate surface area is 96.8 Å². The summed E-state index contributed by atoms with van der Waals surface area (Å²) in [5.41, 5.74) is 4.72. The summed E-state index contributed by atoms with van der Waals surface area (Å²) in [6.07, 6.45) is -4.05. The highest BCUT2D eigenvalue weighted by atomic mass is 19.4. The largest absolute Gasteiger partial charge is 0.416 e. The first-order valence-corrected chi connectivity index (χ1v) is 5.01. The predicted molar refractivity (Wildman–Crippen MR) is 57.3 cm³/mol. The number of primary amides is 1. The predicted octanol–water partition coefficient (Wildman–Crippen LogP) is 2.30. The maximum atomic E-state index is 12.4. The van der Waals surface area contributed by atoms with Crippen molar-refractivity contribution in [3.8, 4) is 0 Å². The lowest BCUT2D eigenvalue weighted by Crippen LogP contribution is -2.37. The number of rotatable bonds is 3. The Bertz CT molecular complexity index is 404. The summed E-state index contributed by atoms with van der Waals surface area (Å²) >= 11 is 0. The van der Waals surface area contributed by atoms with E-state index >= 15 is 0 Å². The number of hydrogen-bond acceptors (Lipinski definition) is 1. The van der Waals surface area contributed by atoms with Crippen molar-refractivity contribution in [2.24, 2.45) is 5.73 Å². The molecule has 0 spiro atoms. The molecule has 0 aromatic heterocycles. The molecule has 0 fully saturated rings. The first-order valence-electron chi connectivity index (χ1n) is 5.01. The van der Waals surface area contributed by atoms with Crippen molar-refractivity contribution in [2.45, 2.75) is 25.6 Å². The fraction of sp³-hybridized carbons (Fsp3) is 0.364. The summed E-state index contributed by atoms with van der Waals surface area (Å²) in [5.74, 6) is 0. The third-order valence-electron chi connectivity index (χ3n) is 2.18. The number of alkyl halides is 3. The molecule has 0 aliphatic heterocycles. The minimum Gasteiger partial charge on any atom is -0.352 e. The highest BCUT2D eigenvalue weighted by Gasteiger charge is 2.30. The van der Waals surface area contributed by atoms with Gasteiger partial charge < -0.3 is 11.1 Å². The number of nitrogens with two attached hydrogens (primary N) is 1. The Morgan fingerprint density at radius 3 is 2.65 bits per heavy atom. The number of amides is 2. The second kappa shape index (κ2) is 5.07. The molecule has 2 amide bonds. The van der Waals surface area contributed by atoms with Gasteiger partial charge in [-0.1, -0.05) is 18.2 Å². The Hall–Kier alpha value is -1.72. The van der Waals surface area contributed by atoms with Gasteiger partial charge >= 0.3 is 12.2 Å². The average Bonchev–Trinajstić information content (AvgIpc) is 2.15. The van der Waals surface area contributed by atoms with Crippen molar-refractivity contribution in [1.29, 1.82) is 0 Å². The number of urea groups is 1. The number of carbonyl (C=O) groups excluding carboxylic acids is 1. The summed E-state index contributed by atoms with van der Waals surface area (Å²) < 4.78 is 37.3. The van der Waals surface area contributed by atoms with E-state index in [1.165, 1.54) is 6.07 Å². The van der Waals surface area contributed by atoms with Crippen LogP contribution in [-0.4, -0.2) is 12.1 Å². The average molecular weight is 246 g/mol. The molecule has 94 valence electrons. The first kappa shape index (κ1) is 13.3. The number of nitrogens with one attached hydrogen (secondary N) is 1. The molecule has 6 heteroatoms. The van der Waals surface area contributed by atoms with Gasteiger partial charge in [0, 0.05) is 6.04 Å². The third kappa shape index (κ3) is 4.34. The van der Waals surface area contributed by atoms with Crippen LogP contribution >= 0.6 is 0 Å². The van der Waals surface area contributed by atoms with Crippen LogP contribution in [0.2, 0.25) is 0 Å². The SMILES string of the molecule is CC(Cc1cccc(C(F)(F)F)c1)NC(N)=O. The van der Waals surface area contributed by atoms with Crippen LogP contribution in [0.15, 0.2) is 24.3 Å². The monoisotopic (exact) mass is 246 g/mol. The van der Waals surface area contributed by atoms with E-state index in [0.717, 1.165) is 12.1 Å². The van der Waals surface area contributed by atoms with Crippen LogP contribution in [-0.2, 0) is 12.6 Å². The van der Waals surface area contributed by atoms with Crippen molar-refractivity contribution in [3.05, 3.63) is 35.4 Å². The van der Waals surface area contributed by atoms with E-state index in [0.29, 0.717) is 12.0 Å². The molecule has 0 aliphatic rings. The van der Waals surface area contributed by atoms with Gasteiger partial charge in [0.15, 0.2) is 0 Å². The van der Waals surface area contributed by atoms with Crippen LogP contribution in [0.4, 0.5) is 18.0 Å². The molecular formula is C11H13F3N2O. The van der Waals surface area contributed by atoms with Crippen molar-refractivity contribution < 1.29 is 18.0 Å². The van der Waals surface area contributed by atoms with Crippen molar-refractivity contribution in [2.75, 3.05) is 0 Å². The zero-order valence-electron chi connectivity index (χ0n) is 9.21. The maximum Gasteiger partial charge on any atom is 0.416 e. The molecule has 0 bridgehead atoms. The fourth-order valence-electron chi connectivity index (χ4n) is 1.52. The van der Waals surface area contributed by atoms with Crippen molar-refractivity contribution >= 4 is 6.03 Å². The molecule has 0 heterocycles. The topological polar surface area (TPSA) is 55.1 Å². The van der Waals surface area contributed by atoms with Gasteiger partial charge in [-0.25, -0.2) is 4.79 Å². The van der Waals surface area contributed by atoms with E-state index in [-0.39, 0.29) is 6.04 Å². The molecule has 0 radical (unpaired) electrons. The molecule has 3 nitrogen and oxygen atoms in total. The molecule has 1 aromatic rings. The molecule has 1 aromatic carbocycles. The Morgan fingerprint density at radius 1 is 1.47 bits per heavy atom. The zero-order valence-corrected chi connectivity index (χ0v) is 9.21. The van der Waals surface area contributed by atoms with Gasteiger partial charge in [0.2, 0.25) is 0 Å². The van der Waals surface area contributed by atoms with Gasteiger partial charge in [-0.2, -0.15) is 13.2 Å². The van der Waals surface area contributed by atoms with Crippen LogP contribution in [0.25, 0.3) is 0 Å². The smallest absolute Gasteiger partial charge is 0.352 e. The highest BCUT2D eigenvalue weighted by Crippen LogP contribution is 2.29. The number of halogens is 3. The van der Waals surface area contributed by atoms with Crippen molar-refractivity contribution in [3.63, 3.8) is 0 Å². The Balaban J connectivity index is 2.76. The highest BCUT2D eigenvalue weighted by molar-refractivity contribution is 5.71. The van der Waals surface area contributed by atoms with E-state index in [4.69, 9.17) is 5.73 Å². The van der Waals surface area contributed by atoms with Gasteiger partial charge in [0.1, 0.15) is 0 Å². The summed E-state index contributed by atoms with van der Waals surface area (Å²) in [6, 6.07) is 4.00. The molecular weight excluding hydrogens is 233 g/mol. The second-order valence-corrected chi connectivity index (χ2v) is 3.81. The van der Waals surface area contributed by atoms with Crippen LogP contribution < -0.4 is 11.1 Å². The minimum absolute atomic E-state index is 0.298. The van der Waals surface area contributed by atoms with E-state index in [1.807, 2.05) is 0 Å². The van der Waals surface area contributed by atoms with Gasteiger partial charge in [-0.3, -0.25) is 0 Å². The van der Waals surface area contributed by atoms with Gasteiger partial charge in [0.25, 0.3) is 0 Å². The maximum absolute atomic E-state index is 12.4. The van der Waals surface area contributed by atoms with Gasteiger partial charge in [-0.05, 0) is 25.0 Å². The zero-order chi connectivity index (χ0) is 13.1. The Morgan fingerprint density at radius 2 is 2.12 bits per heavy atom. The number of carbonyl (C=O) groups is 1. The van der Waals surface area contributed by atoms with Gasteiger partial charge in [-0.15, -0.1) is 0 Å². The van der Waals surface area contributed by atoms with Crippen LogP contribution in [0.3, 0.4) is 0 Å². The Kier molecular flexibility index (Phi) is 3.98. The van der Waals surface area contributed by atoms with E-state index in [2.05, 4.69) is 5.32 Å². The molecule has 0 saturated carbocycles. The normalized spacial score (nSPS) is 13.2. The first-order chi connectivity index (χ1) is 7.79. The number of benzene rings is 1. The summed E-state index contributed by atoms with van der Waals surface area (Å²) in [5, 5.41) is 2.41. The standard InChI is InChI=1S/C11H13F3N2O/c1-7(16-10(15)17)5-8-3-2-4-9(6-8)11(12,13)14/h2-4,6-7H,5H2,1H3,(H3,15,16,17). The minimum atomic E-state index is -4.35. The van der Waals surface area contributed by atoms with E-state index in [1.54, 1.807) is 13.0 Å². The third-order valence-corrected chi connectivity index (χ3v) is 2.18. The van der Waals surface area contributed by atoms with Crippen LogP contribution in [0.1, 0.15) is 18.1 Å². The van der Waals surface area contributed by atoms with Crippen LogP contribution in [0.5, 0.6) is 0 Å². The van der Waals surface area contributed by atoms with E-state index in [9.17, 15) is 18.0 Å². The lowest BCUT2D eigenvalue weighted by atomic mass is 10.0. The lowest BCUT2D eigenvalue weighted by Gasteiger charge is -2.13. The summed E-state index contributed by atoms with van der Waals surface area (Å²) in [7, 11) is 0. The lowest BCUT2D eigenvalue weighted by molar-refractivity contribution is -0.137. The quantitative estimate of drug-likeness (QED) is 0.844. The molecule has 1 rings (SSSR count). The number of hydrogen-bond donors (Lipinski definition) is 2. The van der Waals surface area contributed by atoms with Crippen LogP contribution in [0, 0.1) is 0 Å². The summed E-state index contributed by atoms with van der Waals surface area (Å²) in [6.45, 7) is 1.67. The van der Waals surface area contributed by atoms with Gasteiger partial charge in [0.05, 0.1) is 5.56 Å². The molecule has 1 unspecified atom stereocenters. The molecule has 0 saturated heterocycles. The molecule has 1 atom stereocenters. The molecule has 3 N–H and O–H groups in total. The van der Waals surface area contributed by atoms with E-state index < -0.39 is 17.8 Å².